The number of fused-ring (bicyclic) bond motifs is 2. The highest BCUT2D eigenvalue weighted by Crippen LogP contribution is 2.39. The number of alkyl carbamates (subject to hydrolysis) is 1. The lowest BCUT2D eigenvalue weighted by molar-refractivity contribution is 0.118. The molecule has 1 aliphatic heterocycles. The van der Waals surface area contributed by atoms with Crippen LogP contribution in [-0.2, 0) is 11.3 Å². The number of amides is 1. The highest BCUT2D eigenvalue weighted by Gasteiger charge is 2.28. The molecule has 0 radical (unpaired) electrons. The van der Waals surface area contributed by atoms with E-state index in [-0.39, 0.29) is 0 Å². The van der Waals surface area contributed by atoms with E-state index < -0.39 is 12.2 Å². The van der Waals surface area contributed by atoms with E-state index in [9.17, 15) is 4.79 Å². The molecule has 0 spiro atoms. The van der Waals surface area contributed by atoms with Gasteiger partial charge in [0.1, 0.15) is 18.1 Å². The third kappa shape index (κ3) is 2.57. The van der Waals surface area contributed by atoms with Gasteiger partial charge in [0.05, 0.1) is 7.11 Å². The maximum atomic E-state index is 11.8. The van der Waals surface area contributed by atoms with E-state index in [0.717, 1.165) is 16.7 Å². The molecule has 0 saturated heterocycles. The third-order valence-corrected chi connectivity index (χ3v) is 3.65. The minimum absolute atomic E-state index is 0.434. The van der Waals surface area contributed by atoms with Gasteiger partial charge in [0.2, 0.25) is 0 Å². The standard InChI is InChI=1S/C17H17NO4/c1-18-17(19)22-16-13-6-4-3-5-11(13)10-21-15-8-7-12(20-2)9-14(15)16/h3-9,16H,10H2,1-2H3,(H,18,19). The van der Waals surface area contributed by atoms with Gasteiger partial charge < -0.3 is 19.5 Å². The number of methoxy groups -OCH3 is 1. The highest BCUT2D eigenvalue weighted by molar-refractivity contribution is 5.68. The van der Waals surface area contributed by atoms with Crippen LogP contribution in [0.4, 0.5) is 4.79 Å². The first-order valence-electron chi connectivity index (χ1n) is 7.00. The minimum Gasteiger partial charge on any atom is -0.497 e. The van der Waals surface area contributed by atoms with E-state index in [1.807, 2.05) is 42.5 Å². The molecule has 1 aliphatic rings. The average Bonchev–Trinajstić information content (AvgIpc) is 2.72. The molecule has 5 nitrogen and oxygen atoms in total. The summed E-state index contributed by atoms with van der Waals surface area (Å²) < 4.78 is 16.7. The molecule has 2 aromatic rings. The molecule has 5 heteroatoms. The maximum absolute atomic E-state index is 11.8. The summed E-state index contributed by atoms with van der Waals surface area (Å²) in [5.74, 6) is 1.37. The molecule has 1 amide bonds. The first kappa shape index (κ1) is 14.3. The van der Waals surface area contributed by atoms with Crippen molar-refractivity contribution in [2.45, 2.75) is 12.7 Å². The largest absolute Gasteiger partial charge is 0.497 e. The second-order valence-electron chi connectivity index (χ2n) is 4.93. The highest BCUT2D eigenvalue weighted by atomic mass is 16.6. The topological polar surface area (TPSA) is 56.8 Å². The van der Waals surface area contributed by atoms with Crippen molar-refractivity contribution < 1.29 is 19.0 Å². The quantitative estimate of drug-likeness (QED) is 0.926. The molecule has 0 saturated carbocycles. The number of ether oxygens (including phenoxy) is 3. The summed E-state index contributed by atoms with van der Waals surface area (Å²) >= 11 is 0. The molecule has 0 aromatic heterocycles. The number of carbonyl (C=O) groups is 1. The van der Waals surface area contributed by atoms with Crippen LogP contribution in [0.3, 0.4) is 0 Å². The monoisotopic (exact) mass is 299 g/mol. The lowest BCUT2D eigenvalue weighted by Crippen LogP contribution is -2.22. The number of carbonyl (C=O) groups excluding carboxylic acids is 1. The van der Waals surface area contributed by atoms with Crippen molar-refractivity contribution in [3.8, 4) is 11.5 Å². The Morgan fingerprint density at radius 2 is 2.05 bits per heavy atom. The molecule has 22 heavy (non-hydrogen) atoms. The summed E-state index contributed by atoms with van der Waals surface area (Å²) in [4.78, 5) is 11.8. The fourth-order valence-electron chi connectivity index (χ4n) is 2.53. The van der Waals surface area contributed by atoms with Crippen LogP contribution < -0.4 is 14.8 Å². The molecule has 1 unspecified atom stereocenters. The fraction of sp³-hybridized carbons (Fsp3) is 0.235. The Hall–Kier alpha value is -2.69. The lowest BCUT2D eigenvalue weighted by Gasteiger charge is -2.19. The molecule has 2 aromatic carbocycles. The van der Waals surface area contributed by atoms with Crippen LogP contribution in [-0.4, -0.2) is 20.3 Å². The molecule has 0 fully saturated rings. The van der Waals surface area contributed by atoms with Gasteiger partial charge in [0, 0.05) is 18.2 Å². The predicted molar refractivity (Wildman–Crippen MR) is 81.2 cm³/mol. The van der Waals surface area contributed by atoms with Crippen LogP contribution in [0.5, 0.6) is 11.5 Å². The molecular weight excluding hydrogens is 282 g/mol. The van der Waals surface area contributed by atoms with Gasteiger partial charge >= 0.3 is 6.09 Å². The maximum Gasteiger partial charge on any atom is 0.407 e. The fourth-order valence-corrected chi connectivity index (χ4v) is 2.53. The lowest BCUT2D eigenvalue weighted by atomic mass is 9.97. The summed E-state index contributed by atoms with van der Waals surface area (Å²) in [5.41, 5.74) is 2.68. The molecular formula is C17H17NO4. The van der Waals surface area contributed by atoms with Gasteiger partial charge in [-0.2, -0.15) is 0 Å². The van der Waals surface area contributed by atoms with Crippen molar-refractivity contribution in [2.24, 2.45) is 0 Å². The van der Waals surface area contributed by atoms with Crippen molar-refractivity contribution in [1.29, 1.82) is 0 Å². The Labute approximate surface area is 128 Å². The van der Waals surface area contributed by atoms with Crippen LogP contribution >= 0.6 is 0 Å². The summed E-state index contributed by atoms with van der Waals surface area (Å²) in [5, 5.41) is 2.49. The van der Waals surface area contributed by atoms with E-state index in [4.69, 9.17) is 14.2 Å². The number of hydrogen-bond donors (Lipinski definition) is 1. The van der Waals surface area contributed by atoms with E-state index >= 15 is 0 Å². The molecule has 1 heterocycles. The second-order valence-corrected chi connectivity index (χ2v) is 4.93. The normalized spacial score (nSPS) is 15.6. The van der Waals surface area contributed by atoms with Crippen molar-refractivity contribution in [2.75, 3.05) is 14.2 Å². The average molecular weight is 299 g/mol. The molecule has 0 aliphatic carbocycles. The van der Waals surface area contributed by atoms with Gasteiger partial charge in [-0.15, -0.1) is 0 Å². The Morgan fingerprint density at radius 3 is 2.82 bits per heavy atom. The van der Waals surface area contributed by atoms with Crippen LogP contribution in [0, 0.1) is 0 Å². The number of rotatable bonds is 2. The Morgan fingerprint density at radius 1 is 1.23 bits per heavy atom. The van der Waals surface area contributed by atoms with E-state index in [1.165, 1.54) is 7.05 Å². The van der Waals surface area contributed by atoms with E-state index in [1.54, 1.807) is 7.11 Å². The van der Waals surface area contributed by atoms with Crippen molar-refractivity contribution >= 4 is 6.09 Å². The summed E-state index contributed by atoms with van der Waals surface area (Å²) in [7, 11) is 3.13. The number of benzene rings is 2. The van der Waals surface area contributed by atoms with Gasteiger partial charge in [-0.05, 0) is 23.8 Å². The molecule has 1 atom stereocenters. The first-order valence-corrected chi connectivity index (χ1v) is 7.00. The third-order valence-electron chi connectivity index (χ3n) is 3.65. The van der Waals surface area contributed by atoms with Crippen LogP contribution in [0.15, 0.2) is 42.5 Å². The number of nitrogens with one attached hydrogen (secondary N) is 1. The SMILES string of the molecule is CNC(=O)OC1c2ccccc2COc2ccc(OC)cc21. The van der Waals surface area contributed by atoms with Gasteiger partial charge in [-0.3, -0.25) is 0 Å². The van der Waals surface area contributed by atoms with E-state index in [2.05, 4.69) is 5.32 Å². The Bertz CT molecular complexity index is 699. The summed E-state index contributed by atoms with van der Waals surface area (Å²) in [6.45, 7) is 0.434. The molecule has 3 rings (SSSR count). The zero-order chi connectivity index (χ0) is 15.5. The van der Waals surface area contributed by atoms with Gasteiger partial charge in [-0.1, -0.05) is 24.3 Å². The smallest absolute Gasteiger partial charge is 0.407 e. The first-order chi connectivity index (χ1) is 10.7. The second kappa shape index (κ2) is 5.97. The molecule has 0 bridgehead atoms. The van der Waals surface area contributed by atoms with Crippen LogP contribution in [0.2, 0.25) is 0 Å². The van der Waals surface area contributed by atoms with Gasteiger partial charge in [-0.25, -0.2) is 4.79 Å². The van der Waals surface area contributed by atoms with Crippen molar-refractivity contribution in [1.82, 2.24) is 5.32 Å². The Kier molecular flexibility index (Phi) is 3.87. The number of hydrogen-bond acceptors (Lipinski definition) is 4. The van der Waals surface area contributed by atoms with E-state index in [0.29, 0.717) is 18.1 Å². The van der Waals surface area contributed by atoms with Crippen molar-refractivity contribution in [3.63, 3.8) is 0 Å². The Balaban J connectivity index is 2.13. The van der Waals surface area contributed by atoms with Crippen LogP contribution in [0.25, 0.3) is 0 Å². The molecule has 1 N–H and O–H groups in total. The van der Waals surface area contributed by atoms with Crippen LogP contribution in [0.1, 0.15) is 22.8 Å². The zero-order valence-electron chi connectivity index (χ0n) is 12.5. The summed E-state index contributed by atoms with van der Waals surface area (Å²) in [6, 6.07) is 13.3. The van der Waals surface area contributed by atoms with Crippen molar-refractivity contribution in [3.05, 3.63) is 59.2 Å². The molecule has 114 valence electrons. The summed E-state index contributed by atoms with van der Waals surface area (Å²) in [6.07, 6.45) is -1.03. The van der Waals surface area contributed by atoms with Gasteiger partial charge in [0.15, 0.2) is 6.10 Å². The minimum atomic E-state index is -0.538. The predicted octanol–water partition coefficient (Wildman–Crippen LogP) is 3.03. The zero-order valence-corrected chi connectivity index (χ0v) is 12.5. The van der Waals surface area contributed by atoms with Gasteiger partial charge in [0.25, 0.3) is 0 Å².